The Morgan fingerprint density at radius 3 is 2.36 bits per heavy atom. The van der Waals surface area contributed by atoms with Gasteiger partial charge in [0.25, 0.3) is 0 Å². The van der Waals surface area contributed by atoms with Crippen LogP contribution in [-0.2, 0) is 4.79 Å². The van der Waals surface area contributed by atoms with Crippen LogP contribution in [0.1, 0.15) is 20.3 Å². The molecule has 1 nitrogen and oxygen atoms in total. The second kappa shape index (κ2) is 2.97. The van der Waals surface area contributed by atoms with E-state index in [1.165, 1.54) is 13.8 Å². The van der Waals surface area contributed by atoms with Gasteiger partial charge in [-0.3, -0.25) is 4.79 Å². The topological polar surface area (TPSA) is 17.1 Å². The van der Waals surface area contributed by atoms with Gasteiger partial charge in [-0.2, -0.15) is 13.2 Å². The zero-order valence-electron chi connectivity index (χ0n) is 8.03. The van der Waals surface area contributed by atoms with E-state index >= 15 is 0 Å². The van der Waals surface area contributed by atoms with E-state index < -0.39 is 22.9 Å². The van der Waals surface area contributed by atoms with E-state index in [0.29, 0.717) is 6.08 Å². The highest BCUT2D eigenvalue weighted by Gasteiger charge is 2.46. The van der Waals surface area contributed by atoms with Crippen LogP contribution in [0.25, 0.3) is 0 Å². The lowest BCUT2D eigenvalue weighted by Gasteiger charge is -2.33. The van der Waals surface area contributed by atoms with Gasteiger partial charge in [0.15, 0.2) is 5.78 Å². The third-order valence-electron chi connectivity index (χ3n) is 2.31. The molecule has 1 aliphatic carbocycles. The maximum Gasteiger partial charge on any atom is 0.413 e. The number of hydrogen-bond donors (Lipinski definition) is 0. The predicted octanol–water partition coefficient (Wildman–Crippen LogP) is 3.03. The molecule has 0 fully saturated rings. The van der Waals surface area contributed by atoms with Gasteiger partial charge < -0.3 is 0 Å². The summed E-state index contributed by atoms with van der Waals surface area (Å²) in [6.45, 7) is 6.37. The second-order valence-electron chi connectivity index (χ2n) is 4.08. The number of carbonyl (C=O) groups excluding carboxylic acids is 1. The molecular weight excluding hydrogens is 193 g/mol. The molecule has 0 bridgehead atoms. The van der Waals surface area contributed by atoms with Crippen molar-refractivity contribution in [3.63, 3.8) is 0 Å². The van der Waals surface area contributed by atoms with E-state index in [2.05, 4.69) is 6.58 Å². The molecule has 0 atom stereocenters. The second-order valence-corrected chi connectivity index (χ2v) is 4.08. The highest BCUT2D eigenvalue weighted by Crippen LogP contribution is 2.45. The Morgan fingerprint density at radius 1 is 1.43 bits per heavy atom. The molecule has 0 amide bonds. The van der Waals surface area contributed by atoms with Crippen molar-refractivity contribution in [2.45, 2.75) is 26.4 Å². The number of rotatable bonds is 0. The average molecular weight is 204 g/mol. The van der Waals surface area contributed by atoms with Crippen LogP contribution >= 0.6 is 0 Å². The Labute approximate surface area is 80.3 Å². The Balaban J connectivity index is 3.21. The molecule has 0 heterocycles. The summed E-state index contributed by atoms with van der Waals surface area (Å²) in [7, 11) is 0. The minimum absolute atomic E-state index is 0.0666. The third-order valence-corrected chi connectivity index (χ3v) is 2.31. The van der Waals surface area contributed by atoms with Gasteiger partial charge in [-0.15, -0.1) is 0 Å². The molecule has 0 aromatic heterocycles. The Bertz CT molecular complexity index is 321. The summed E-state index contributed by atoms with van der Waals surface area (Å²) < 4.78 is 37.5. The summed E-state index contributed by atoms with van der Waals surface area (Å²) >= 11 is 0. The highest BCUT2D eigenvalue weighted by atomic mass is 19.4. The van der Waals surface area contributed by atoms with E-state index in [1.54, 1.807) is 0 Å². The van der Waals surface area contributed by atoms with E-state index in [1.807, 2.05) is 0 Å². The minimum Gasteiger partial charge on any atom is -0.290 e. The van der Waals surface area contributed by atoms with Gasteiger partial charge in [-0.05, 0) is 23.5 Å². The van der Waals surface area contributed by atoms with Crippen LogP contribution in [0, 0.1) is 5.41 Å². The zero-order chi connectivity index (χ0) is 11.1. The fraction of sp³-hybridized carbons (Fsp3) is 0.500. The minimum atomic E-state index is -4.43. The first kappa shape index (κ1) is 11.0. The normalized spacial score (nSPS) is 22.2. The molecule has 1 aliphatic rings. The molecule has 0 aliphatic heterocycles. The summed E-state index contributed by atoms with van der Waals surface area (Å²) in [5.74, 6) is -0.614. The molecule has 0 aromatic carbocycles. The van der Waals surface area contributed by atoms with Crippen LogP contribution in [0.2, 0.25) is 0 Å². The lowest BCUT2D eigenvalue weighted by atomic mass is 9.73. The number of allylic oxidation sites excluding steroid dienone is 3. The van der Waals surface area contributed by atoms with Crippen molar-refractivity contribution >= 4 is 5.78 Å². The fourth-order valence-electron chi connectivity index (χ4n) is 1.61. The van der Waals surface area contributed by atoms with Crippen molar-refractivity contribution in [1.82, 2.24) is 0 Å². The van der Waals surface area contributed by atoms with Crippen LogP contribution in [-0.4, -0.2) is 12.0 Å². The number of alkyl halides is 3. The zero-order valence-corrected chi connectivity index (χ0v) is 8.03. The monoisotopic (exact) mass is 204 g/mol. The summed E-state index contributed by atoms with van der Waals surface area (Å²) in [6, 6.07) is 0. The molecular formula is C10H11F3O. The van der Waals surface area contributed by atoms with Crippen LogP contribution in [0.3, 0.4) is 0 Å². The van der Waals surface area contributed by atoms with Crippen molar-refractivity contribution < 1.29 is 18.0 Å². The van der Waals surface area contributed by atoms with Crippen molar-refractivity contribution in [1.29, 1.82) is 0 Å². The average Bonchev–Trinajstić information content (AvgIpc) is 1.93. The van der Waals surface area contributed by atoms with Crippen LogP contribution in [0.5, 0.6) is 0 Å². The number of ketones is 1. The summed E-state index contributed by atoms with van der Waals surface area (Å²) in [5.41, 5.74) is -1.58. The van der Waals surface area contributed by atoms with Gasteiger partial charge in [0.2, 0.25) is 0 Å². The van der Waals surface area contributed by atoms with Crippen LogP contribution in [0.4, 0.5) is 13.2 Å². The van der Waals surface area contributed by atoms with Crippen molar-refractivity contribution in [2.24, 2.45) is 5.41 Å². The van der Waals surface area contributed by atoms with E-state index in [-0.39, 0.29) is 12.0 Å². The molecule has 0 N–H and O–H groups in total. The van der Waals surface area contributed by atoms with Gasteiger partial charge in [-0.25, -0.2) is 0 Å². The third kappa shape index (κ3) is 1.89. The van der Waals surface area contributed by atoms with Gasteiger partial charge >= 0.3 is 6.18 Å². The van der Waals surface area contributed by atoms with E-state index in [9.17, 15) is 18.0 Å². The maximum absolute atomic E-state index is 12.5. The molecule has 0 radical (unpaired) electrons. The summed E-state index contributed by atoms with van der Waals surface area (Å²) in [6.07, 6.45) is -3.71. The molecule has 0 saturated carbocycles. The summed E-state index contributed by atoms with van der Waals surface area (Å²) in [4.78, 5) is 11.1. The number of halogens is 3. The van der Waals surface area contributed by atoms with Gasteiger partial charge in [0, 0.05) is 5.57 Å². The Hall–Kier alpha value is -1.06. The standard InChI is InChI=1S/C10H11F3O/c1-6-5-9(2,3)8(4-7(6)14)10(11,12)13/h4H,1,5H2,2-3H3. The van der Waals surface area contributed by atoms with Gasteiger partial charge in [0.05, 0.1) is 0 Å². The van der Waals surface area contributed by atoms with Crippen molar-refractivity contribution in [2.75, 3.05) is 0 Å². The lowest BCUT2D eigenvalue weighted by molar-refractivity contribution is -0.118. The molecule has 14 heavy (non-hydrogen) atoms. The highest BCUT2D eigenvalue weighted by molar-refractivity contribution is 6.05. The van der Waals surface area contributed by atoms with E-state index in [4.69, 9.17) is 0 Å². The maximum atomic E-state index is 12.5. The SMILES string of the molecule is C=C1CC(C)(C)C(C(F)(F)F)=CC1=O. The molecule has 1 rings (SSSR count). The van der Waals surface area contributed by atoms with E-state index in [0.717, 1.165) is 0 Å². The molecule has 0 spiro atoms. The van der Waals surface area contributed by atoms with Crippen molar-refractivity contribution in [3.05, 3.63) is 23.8 Å². The van der Waals surface area contributed by atoms with Gasteiger partial charge in [0.1, 0.15) is 0 Å². The summed E-state index contributed by atoms with van der Waals surface area (Å²) in [5, 5.41) is 0. The van der Waals surface area contributed by atoms with Gasteiger partial charge in [-0.1, -0.05) is 20.4 Å². The van der Waals surface area contributed by atoms with Crippen molar-refractivity contribution in [3.8, 4) is 0 Å². The first-order valence-corrected chi connectivity index (χ1v) is 4.16. The molecule has 78 valence electrons. The Morgan fingerprint density at radius 2 is 1.93 bits per heavy atom. The first-order valence-electron chi connectivity index (χ1n) is 4.16. The smallest absolute Gasteiger partial charge is 0.290 e. The molecule has 0 saturated heterocycles. The molecule has 0 aromatic rings. The quantitative estimate of drug-likeness (QED) is 0.554. The number of carbonyl (C=O) groups is 1. The molecule has 4 heteroatoms. The Kier molecular flexibility index (Phi) is 2.34. The fourth-order valence-corrected chi connectivity index (χ4v) is 1.61. The predicted molar refractivity (Wildman–Crippen MR) is 46.7 cm³/mol. The lowest BCUT2D eigenvalue weighted by Crippen LogP contribution is -2.32. The van der Waals surface area contributed by atoms with Crippen LogP contribution < -0.4 is 0 Å². The first-order chi connectivity index (χ1) is 6.14. The largest absolute Gasteiger partial charge is 0.413 e. The number of hydrogen-bond acceptors (Lipinski definition) is 1. The molecule has 0 unspecified atom stereocenters. The van der Waals surface area contributed by atoms with Crippen LogP contribution in [0.15, 0.2) is 23.8 Å².